The first-order valence-electron chi connectivity index (χ1n) is 6.81. The van der Waals surface area contributed by atoms with Crippen molar-refractivity contribution in [2.45, 2.75) is 6.10 Å². The molecule has 0 radical (unpaired) electrons. The highest BCUT2D eigenvalue weighted by molar-refractivity contribution is 5.87. The Kier molecular flexibility index (Phi) is 2.72. The molecule has 0 fully saturated rings. The van der Waals surface area contributed by atoms with Crippen LogP contribution in [-0.4, -0.2) is 10.1 Å². The van der Waals surface area contributed by atoms with Crippen LogP contribution in [0.25, 0.3) is 21.7 Å². The van der Waals surface area contributed by atoms with Crippen molar-refractivity contribution in [3.63, 3.8) is 0 Å². The molecule has 21 heavy (non-hydrogen) atoms. The molecule has 0 aliphatic rings. The third kappa shape index (κ3) is 1.90. The molecule has 0 spiro atoms. The standard InChI is InChI=1S/C18H13NO2/c20-18(16-11-21-17-8-4-3-7-14(16)17)15-10-19-9-12-5-1-2-6-13(12)15/h1-11,18,20H. The summed E-state index contributed by atoms with van der Waals surface area (Å²) in [7, 11) is 0. The molecule has 0 bridgehead atoms. The van der Waals surface area contributed by atoms with Crippen LogP contribution in [0.3, 0.4) is 0 Å². The van der Waals surface area contributed by atoms with Crippen molar-refractivity contribution >= 4 is 21.7 Å². The van der Waals surface area contributed by atoms with Gasteiger partial charge in [0.05, 0.1) is 6.26 Å². The van der Waals surface area contributed by atoms with Crippen LogP contribution in [0.15, 0.2) is 71.6 Å². The number of aliphatic hydroxyl groups excluding tert-OH is 1. The molecular weight excluding hydrogens is 262 g/mol. The van der Waals surface area contributed by atoms with Gasteiger partial charge in [0, 0.05) is 34.3 Å². The van der Waals surface area contributed by atoms with E-state index in [1.54, 1.807) is 18.7 Å². The summed E-state index contributed by atoms with van der Waals surface area (Å²) in [4.78, 5) is 4.23. The third-order valence-electron chi connectivity index (χ3n) is 3.80. The Morgan fingerprint density at radius 3 is 2.52 bits per heavy atom. The number of fused-ring (bicyclic) bond motifs is 2. The molecule has 4 aromatic rings. The van der Waals surface area contributed by atoms with E-state index in [0.29, 0.717) is 0 Å². The predicted molar refractivity (Wildman–Crippen MR) is 82.0 cm³/mol. The van der Waals surface area contributed by atoms with Crippen molar-refractivity contribution in [3.8, 4) is 0 Å². The Balaban J connectivity index is 1.92. The minimum absolute atomic E-state index is 0.757. The van der Waals surface area contributed by atoms with Gasteiger partial charge in [0.1, 0.15) is 11.7 Å². The molecule has 2 heterocycles. The zero-order valence-electron chi connectivity index (χ0n) is 11.2. The Bertz CT molecular complexity index is 921. The zero-order valence-corrected chi connectivity index (χ0v) is 11.2. The van der Waals surface area contributed by atoms with Gasteiger partial charge in [-0.15, -0.1) is 0 Å². The van der Waals surface area contributed by atoms with E-state index in [4.69, 9.17) is 4.42 Å². The maximum Gasteiger partial charge on any atom is 0.134 e. The Morgan fingerprint density at radius 2 is 1.62 bits per heavy atom. The maximum atomic E-state index is 10.8. The number of pyridine rings is 1. The summed E-state index contributed by atoms with van der Waals surface area (Å²) in [6.45, 7) is 0. The van der Waals surface area contributed by atoms with E-state index >= 15 is 0 Å². The number of aliphatic hydroxyl groups is 1. The monoisotopic (exact) mass is 275 g/mol. The second kappa shape index (κ2) is 4.72. The summed E-state index contributed by atoms with van der Waals surface area (Å²) in [5, 5.41) is 13.7. The van der Waals surface area contributed by atoms with Crippen LogP contribution in [0.5, 0.6) is 0 Å². The number of hydrogen-bond donors (Lipinski definition) is 1. The van der Waals surface area contributed by atoms with Crippen molar-refractivity contribution in [2.75, 3.05) is 0 Å². The van der Waals surface area contributed by atoms with Gasteiger partial charge in [-0.05, 0) is 11.5 Å². The van der Waals surface area contributed by atoms with Gasteiger partial charge in [-0.1, -0.05) is 42.5 Å². The zero-order chi connectivity index (χ0) is 14.2. The van der Waals surface area contributed by atoms with E-state index in [2.05, 4.69) is 4.98 Å². The van der Waals surface area contributed by atoms with Crippen molar-refractivity contribution in [1.82, 2.24) is 4.98 Å². The van der Waals surface area contributed by atoms with Crippen LogP contribution < -0.4 is 0 Å². The van der Waals surface area contributed by atoms with Gasteiger partial charge >= 0.3 is 0 Å². The van der Waals surface area contributed by atoms with E-state index in [-0.39, 0.29) is 0 Å². The largest absolute Gasteiger partial charge is 0.464 e. The number of nitrogens with zero attached hydrogens (tertiary/aromatic N) is 1. The van der Waals surface area contributed by atoms with Crippen LogP contribution in [0, 0.1) is 0 Å². The molecule has 1 atom stereocenters. The summed E-state index contributed by atoms with van der Waals surface area (Å²) in [5.74, 6) is 0. The first-order chi connectivity index (χ1) is 10.3. The van der Waals surface area contributed by atoms with Gasteiger partial charge in [0.25, 0.3) is 0 Å². The number of aromatic nitrogens is 1. The first-order valence-corrected chi connectivity index (χ1v) is 6.81. The molecule has 2 aromatic carbocycles. The van der Waals surface area contributed by atoms with E-state index in [0.717, 1.165) is 32.9 Å². The number of rotatable bonds is 2. The van der Waals surface area contributed by atoms with Crippen LogP contribution in [0.4, 0.5) is 0 Å². The molecule has 2 aromatic heterocycles. The molecule has 0 aliphatic carbocycles. The van der Waals surface area contributed by atoms with E-state index < -0.39 is 6.10 Å². The number of para-hydroxylation sites is 1. The molecule has 0 aliphatic heterocycles. The molecule has 1 N–H and O–H groups in total. The fraction of sp³-hybridized carbons (Fsp3) is 0.0556. The topological polar surface area (TPSA) is 46.3 Å². The van der Waals surface area contributed by atoms with E-state index in [1.165, 1.54) is 0 Å². The molecule has 1 unspecified atom stereocenters. The molecular formula is C18H13NO2. The lowest BCUT2D eigenvalue weighted by molar-refractivity contribution is 0.221. The van der Waals surface area contributed by atoms with Crippen LogP contribution >= 0.6 is 0 Å². The van der Waals surface area contributed by atoms with Crippen molar-refractivity contribution in [3.05, 3.63) is 78.3 Å². The highest BCUT2D eigenvalue weighted by Crippen LogP contribution is 2.33. The molecule has 3 nitrogen and oxygen atoms in total. The average molecular weight is 275 g/mol. The predicted octanol–water partition coefficient (Wildman–Crippen LogP) is 4.06. The summed E-state index contributed by atoms with van der Waals surface area (Å²) < 4.78 is 5.52. The Morgan fingerprint density at radius 1 is 0.857 bits per heavy atom. The van der Waals surface area contributed by atoms with Gasteiger partial charge in [0.2, 0.25) is 0 Å². The molecule has 0 amide bonds. The van der Waals surface area contributed by atoms with Crippen molar-refractivity contribution in [1.29, 1.82) is 0 Å². The minimum Gasteiger partial charge on any atom is -0.464 e. The third-order valence-corrected chi connectivity index (χ3v) is 3.80. The number of benzene rings is 2. The molecule has 4 rings (SSSR count). The number of hydrogen-bond acceptors (Lipinski definition) is 3. The van der Waals surface area contributed by atoms with Gasteiger partial charge in [-0.25, -0.2) is 0 Å². The summed E-state index contributed by atoms with van der Waals surface area (Å²) in [6.07, 6.45) is 4.39. The summed E-state index contributed by atoms with van der Waals surface area (Å²) in [5.41, 5.74) is 2.34. The fourth-order valence-electron chi connectivity index (χ4n) is 2.74. The fourth-order valence-corrected chi connectivity index (χ4v) is 2.74. The Hall–Kier alpha value is -2.65. The lowest BCUT2D eigenvalue weighted by atomic mass is 9.98. The lowest BCUT2D eigenvalue weighted by Gasteiger charge is -2.12. The molecule has 3 heteroatoms. The second-order valence-corrected chi connectivity index (χ2v) is 5.04. The highest BCUT2D eigenvalue weighted by atomic mass is 16.3. The van der Waals surface area contributed by atoms with Crippen molar-refractivity contribution < 1.29 is 9.52 Å². The van der Waals surface area contributed by atoms with Crippen LogP contribution in [-0.2, 0) is 0 Å². The normalized spacial score (nSPS) is 12.8. The Labute approximate surface area is 121 Å². The van der Waals surface area contributed by atoms with Gasteiger partial charge < -0.3 is 9.52 Å². The number of furan rings is 1. The maximum absolute atomic E-state index is 10.8. The summed E-state index contributed by atoms with van der Waals surface area (Å²) >= 11 is 0. The van der Waals surface area contributed by atoms with Gasteiger partial charge in [-0.3, -0.25) is 4.98 Å². The quantitative estimate of drug-likeness (QED) is 0.600. The molecule has 0 saturated heterocycles. The van der Waals surface area contributed by atoms with Gasteiger partial charge in [-0.2, -0.15) is 0 Å². The SMILES string of the molecule is OC(c1cncc2ccccc12)c1coc2ccccc12. The van der Waals surface area contributed by atoms with Gasteiger partial charge in [0.15, 0.2) is 0 Å². The molecule has 0 saturated carbocycles. The van der Waals surface area contributed by atoms with Crippen molar-refractivity contribution in [2.24, 2.45) is 0 Å². The van der Waals surface area contributed by atoms with Crippen LogP contribution in [0.1, 0.15) is 17.2 Å². The van der Waals surface area contributed by atoms with E-state index in [9.17, 15) is 5.11 Å². The summed E-state index contributed by atoms with van der Waals surface area (Å²) in [6, 6.07) is 15.6. The lowest BCUT2D eigenvalue weighted by Crippen LogP contribution is -2.00. The van der Waals surface area contributed by atoms with Crippen LogP contribution in [0.2, 0.25) is 0 Å². The smallest absolute Gasteiger partial charge is 0.134 e. The average Bonchev–Trinajstić information content (AvgIpc) is 2.98. The van der Waals surface area contributed by atoms with E-state index in [1.807, 2.05) is 48.5 Å². The second-order valence-electron chi connectivity index (χ2n) is 5.04. The minimum atomic E-state index is -0.757. The molecule has 102 valence electrons. The first kappa shape index (κ1) is 12.1. The highest BCUT2D eigenvalue weighted by Gasteiger charge is 2.18.